The number of nitrogens with zero attached hydrogens (tertiary/aromatic N) is 3. The zero-order valence-corrected chi connectivity index (χ0v) is 20.4. The van der Waals surface area contributed by atoms with E-state index in [2.05, 4.69) is 34.3 Å². The molecule has 1 aromatic heterocycles. The van der Waals surface area contributed by atoms with Gasteiger partial charge in [-0.15, -0.1) is 0 Å². The van der Waals surface area contributed by atoms with Gasteiger partial charge in [0.05, 0.1) is 0 Å². The van der Waals surface area contributed by atoms with Gasteiger partial charge in [-0.1, -0.05) is 31.4 Å². The minimum absolute atomic E-state index is 0.0994. The number of hydrogen-bond donors (Lipinski definition) is 1. The van der Waals surface area contributed by atoms with Crippen LogP contribution in [0.5, 0.6) is 0 Å². The van der Waals surface area contributed by atoms with Crippen LogP contribution in [0.2, 0.25) is 0 Å². The van der Waals surface area contributed by atoms with Gasteiger partial charge in [0.25, 0.3) is 11.9 Å². The summed E-state index contributed by atoms with van der Waals surface area (Å²) in [5.41, 5.74) is 4.26. The lowest BCUT2D eigenvalue weighted by molar-refractivity contribution is 0.102. The first-order chi connectivity index (χ1) is 16.5. The highest BCUT2D eigenvalue weighted by Crippen LogP contribution is 2.32. The molecule has 1 amide bonds. The van der Waals surface area contributed by atoms with E-state index in [-0.39, 0.29) is 5.91 Å². The van der Waals surface area contributed by atoms with Crippen LogP contribution in [0, 0.1) is 5.92 Å². The molecule has 0 bridgehead atoms. The minimum atomic E-state index is -0.0994. The quantitative estimate of drug-likeness (QED) is 0.496. The van der Waals surface area contributed by atoms with E-state index in [0.717, 1.165) is 36.4 Å². The Balaban J connectivity index is 1.22. The van der Waals surface area contributed by atoms with Gasteiger partial charge in [-0.2, -0.15) is 4.98 Å². The number of amides is 1. The second kappa shape index (κ2) is 10.2. The first-order valence-electron chi connectivity index (χ1n) is 12.8. The third kappa shape index (κ3) is 5.27. The van der Waals surface area contributed by atoms with Gasteiger partial charge in [-0.05, 0) is 93.6 Å². The van der Waals surface area contributed by atoms with E-state index in [1.54, 1.807) is 0 Å². The topological polar surface area (TPSA) is 61.6 Å². The Morgan fingerprint density at radius 1 is 1.06 bits per heavy atom. The first-order valence-corrected chi connectivity index (χ1v) is 12.8. The largest absolute Gasteiger partial charge is 0.423 e. The molecular formula is C28H36N4O2. The van der Waals surface area contributed by atoms with Crippen molar-refractivity contribution < 1.29 is 9.21 Å². The van der Waals surface area contributed by atoms with Crippen molar-refractivity contribution in [3.05, 3.63) is 53.6 Å². The van der Waals surface area contributed by atoms with E-state index in [1.165, 1.54) is 50.5 Å². The number of piperidine rings is 1. The normalized spacial score (nSPS) is 18.3. The molecule has 0 spiro atoms. The maximum atomic E-state index is 12.8. The van der Waals surface area contributed by atoms with Crippen molar-refractivity contribution in [2.24, 2.45) is 5.92 Å². The summed E-state index contributed by atoms with van der Waals surface area (Å²) in [5, 5.41) is 3.02. The smallest absolute Gasteiger partial charge is 0.298 e. The summed E-state index contributed by atoms with van der Waals surface area (Å²) in [6, 6.07) is 14.4. The third-order valence-corrected chi connectivity index (χ3v) is 7.58. The van der Waals surface area contributed by atoms with Gasteiger partial charge in [0, 0.05) is 24.8 Å². The van der Waals surface area contributed by atoms with Crippen LogP contribution in [0.25, 0.3) is 11.1 Å². The molecule has 1 N–H and O–H groups in total. The van der Waals surface area contributed by atoms with Gasteiger partial charge in [0.2, 0.25) is 0 Å². The Bertz CT molecular complexity index is 1110. The number of nitrogens with one attached hydrogen (secondary N) is 1. The van der Waals surface area contributed by atoms with E-state index in [1.807, 2.05) is 37.4 Å². The van der Waals surface area contributed by atoms with Gasteiger partial charge in [0.1, 0.15) is 5.52 Å². The number of aromatic nitrogens is 1. The first kappa shape index (κ1) is 22.9. The number of carbonyl (C=O) groups excluding carboxylic acids is 1. The van der Waals surface area contributed by atoms with Crippen LogP contribution in [-0.2, 0) is 0 Å². The monoisotopic (exact) mass is 460 g/mol. The molecule has 6 heteroatoms. The van der Waals surface area contributed by atoms with Crippen LogP contribution in [0.1, 0.15) is 66.8 Å². The number of carbonyl (C=O) groups is 1. The van der Waals surface area contributed by atoms with Crippen LogP contribution in [0.15, 0.2) is 46.9 Å². The molecule has 0 radical (unpaired) electrons. The van der Waals surface area contributed by atoms with Crippen molar-refractivity contribution in [1.82, 2.24) is 9.88 Å². The lowest BCUT2D eigenvalue weighted by Gasteiger charge is -2.31. The Hall–Kier alpha value is -2.86. The molecule has 1 aliphatic carbocycles. The maximum absolute atomic E-state index is 12.8. The molecule has 34 heavy (non-hydrogen) atoms. The summed E-state index contributed by atoms with van der Waals surface area (Å²) < 4.78 is 6.00. The van der Waals surface area contributed by atoms with E-state index >= 15 is 0 Å². The Morgan fingerprint density at radius 2 is 1.79 bits per heavy atom. The fraction of sp³-hybridized carbons (Fsp3) is 0.500. The highest BCUT2D eigenvalue weighted by molar-refractivity contribution is 6.05. The SMILES string of the molecule is CN1CCC(CN(C)c2nc3cc(NC(=O)c4ccc(C5CCCCC5)cc4)ccc3o2)CC1. The van der Waals surface area contributed by atoms with Crippen molar-refractivity contribution in [2.45, 2.75) is 50.9 Å². The molecule has 1 aliphatic heterocycles. The molecule has 1 saturated carbocycles. The zero-order valence-electron chi connectivity index (χ0n) is 20.4. The Kier molecular flexibility index (Phi) is 6.86. The average molecular weight is 461 g/mol. The molecule has 2 fully saturated rings. The summed E-state index contributed by atoms with van der Waals surface area (Å²) in [6.45, 7) is 3.25. The van der Waals surface area contributed by atoms with Crippen LogP contribution in [-0.4, -0.2) is 49.5 Å². The highest BCUT2D eigenvalue weighted by Gasteiger charge is 2.21. The molecule has 1 saturated heterocycles. The molecule has 6 nitrogen and oxygen atoms in total. The van der Waals surface area contributed by atoms with Gasteiger partial charge >= 0.3 is 0 Å². The molecule has 2 aromatic carbocycles. The minimum Gasteiger partial charge on any atom is -0.423 e. The molecule has 0 atom stereocenters. The number of hydrogen-bond acceptors (Lipinski definition) is 5. The van der Waals surface area contributed by atoms with Crippen LogP contribution < -0.4 is 10.2 Å². The third-order valence-electron chi connectivity index (χ3n) is 7.58. The Morgan fingerprint density at radius 3 is 2.53 bits per heavy atom. The molecular weight excluding hydrogens is 424 g/mol. The average Bonchev–Trinajstić information content (AvgIpc) is 3.30. The Labute approximate surface area is 202 Å². The van der Waals surface area contributed by atoms with Gasteiger partial charge in [-0.25, -0.2) is 0 Å². The van der Waals surface area contributed by atoms with E-state index in [0.29, 0.717) is 23.4 Å². The molecule has 2 aliphatic rings. The van der Waals surface area contributed by atoms with Crippen molar-refractivity contribution in [3.63, 3.8) is 0 Å². The predicted molar refractivity (Wildman–Crippen MR) is 138 cm³/mol. The number of benzene rings is 2. The standard InChI is InChI=1S/C28H36N4O2/c1-31-16-14-20(15-17-31)19-32(2)28-30-25-18-24(12-13-26(25)34-28)29-27(33)23-10-8-22(9-11-23)21-6-4-3-5-7-21/h8-13,18,20-21H,3-7,14-17,19H2,1-2H3,(H,29,33). The van der Waals surface area contributed by atoms with Crippen LogP contribution >= 0.6 is 0 Å². The lowest BCUT2D eigenvalue weighted by atomic mass is 9.84. The summed E-state index contributed by atoms with van der Waals surface area (Å²) >= 11 is 0. The van der Waals surface area contributed by atoms with Crippen molar-refractivity contribution in [2.75, 3.05) is 43.9 Å². The number of likely N-dealkylation sites (tertiary alicyclic amines) is 1. The van der Waals surface area contributed by atoms with Gasteiger partial charge in [0.15, 0.2) is 5.58 Å². The fourth-order valence-electron chi connectivity index (χ4n) is 5.41. The molecule has 2 heterocycles. The lowest BCUT2D eigenvalue weighted by Crippen LogP contribution is -2.35. The predicted octanol–water partition coefficient (Wildman–Crippen LogP) is 5.91. The van der Waals surface area contributed by atoms with Crippen molar-refractivity contribution in [3.8, 4) is 0 Å². The summed E-state index contributed by atoms with van der Waals surface area (Å²) in [4.78, 5) is 22.0. The summed E-state index contributed by atoms with van der Waals surface area (Å²) in [5.74, 6) is 1.21. The molecule has 5 rings (SSSR count). The molecule has 180 valence electrons. The highest BCUT2D eigenvalue weighted by atomic mass is 16.4. The van der Waals surface area contributed by atoms with Crippen LogP contribution in [0.3, 0.4) is 0 Å². The fourth-order valence-corrected chi connectivity index (χ4v) is 5.41. The number of anilines is 2. The maximum Gasteiger partial charge on any atom is 0.298 e. The van der Waals surface area contributed by atoms with E-state index in [4.69, 9.17) is 9.40 Å². The number of oxazole rings is 1. The van der Waals surface area contributed by atoms with Crippen LogP contribution in [0.4, 0.5) is 11.7 Å². The summed E-state index contributed by atoms with van der Waals surface area (Å²) in [7, 11) is 4.23. The van der Waals surface area contributed by atoms with E-state index in [9.17, 15) is 4.79 Å². The zero-order chi connectivity index (χ0) is 23.5. The van der Waals surface area contributed by atoms with Crippen molar-refractivity contribution in [1.29, 1.82) is 0 Å². The molecule has 3 aromatic rings. The number of rotatable bonds is 6. The van der Waals surface area contributed by atoms with Crippen molar-refractivity contribution >= 4 is 28.7 Å². The van der Waals surface area contributed by atoms with Gasteiger partial charge < -0.3 is 19.5 Å². The second-order valence-corrected chi connectivity index (χ2v) is 10.2. The van der Waals surface area contributed by atoms with Gasteiger partial charge in [-0.3, -0.25) is 4.79 Å². The second-order valence-electron chi connectivity index (χ2n) is 10.2. The summed E-state index contributed by atoms with van der Waals surface area (Å²) in [6.07, 6.45) is 8.91. The van der Waals surface area contributed by atoms with E-state index < -0.39 is 0 Å². The molecule has 0 unspecified atom stereocenters. The number of fused-ring (bicyclic) bond motifs is 1.